The lowest BCUT2D eigenvalue weighted by Gasteiger charge is -2.36. The SMILES string of the molecule is C/C(=N\NC(=O)C(=O)N[C@H](C)c1ccccc1)c1ccc2c(c1)[C@](C)(C1CCCCC1)C(=O)N2C. The summed E-state index contributed by atoms with van der Waals surface area (Å²) in [5.41, 5.74) is 6.04. The Morgan fingerprint density at radius 2 is 1.74 bits per heavy atom. The molecular formula is C28H34N4O3. The molecule has 0 spiro atoms. The normalized spacial score (nSPS) is 21.4. The van der Waals surface area contributed by atoms with Crippen molar-refractivity contribution >= 4 is 29.1 Å². The molecule has 0 saturated heterocycles. The largest absolute Gasteiger partial charge is 0.341 e. The van der Waals surface area contributed by atoms with E-state index in [1.165, 1.54) is 6.42 Å². The minimum absolute atomic E-state index is 0.142. The van der Waals surface area contributed by atoms with Crippen LogP contribution in [0.1, 0.15) is 75.6 Å². The number of benzene rings is 2. The van der Waals surface area contributed by atoms with Gasteiger partial charge in [0.15, 0.2) is 0 Å². The Kier molecular flexibility index (Phi) is 7.05. The monoisotopic (exact) mass is 474 g/mol. The first-order chi connectivity index (χ1) is 16.7. The standard InChI is InChI=1S/C28H34N4O3/c1-18(20-11-7-5-8-12-20)29-25(33)26(34)31-30-19(2)21-15-16-24-23(17-21)28(3,27(35)32(24)4)22-13-9-6-10-14-22/h5,7-8,11-12,15-18,22H,6,9-10,13-14H2,1-4H3,(H,29,33)(H,31,34)/b30-19+/t18-,28+/m1/s1. The van der Waals surface area contributed by atoms with Gasteiger partial charge in [-0.3, -0.25) is 14.4 Å². The molecule has 1 aliphatic heterocycles. The molecule has 2 aromatic carbocycles. The highest BCUT2D eigenvalue weighted by Gasteiger charge is 2.51. The molecule has 0 unspecified atom stereocenters. The van der Waals surface area contributed by atoms with Crippen LogP contribution in [0.5, 0.6) is 0 Å². The van der Waals surface area contributed by atoms with E-state index in [4.69, 9.17) is 0 Å². The summed E-state index contributed by atoms with van der Waals surface area (Å²) in [7, 11) is 1.84. The fraction of sp³-hybridized carbons (Fsp3) is 0.429. The second-order valence-corrected chi connectivity index (χ2v) is 9.88. The third-order valence-corrected chi connectivity index (χ3v) is 7.68. The highest BCUT2D eigenvalue weighted by atomic mass is 16.2. The number of carbonyl (C=O) groups is 3. The van der Waals surface area contributed by atoms with Crippen molar-refractivity contribution in [3.63, 3.8) is 0 Å². The van der Waals surface area contributed by atoms with Crippen molar-refractivity contribution in [1.29, 1.82) is 0 Å². The summed E-state index contributed by atoms with van der Waals surface area (Å²) in [4.78, 5) is 39.8. The van der Waals surface area contributed by atoms with Crippen LogP contribution in [0, 0.1) is 5.92 Å². The van der Waals surface area contributed by atoms with Crippen molar-refractivity contribution in [2.45, 2.75) is 64.3 Å². The Morgan fingerprint density at radius 3 is 2.43 bits per heavy atom. The summed E-state index contributed by atoms with van der Waals surface area (Å²) in [6, 6.07) is 15.0. The van der Waals surface area contributed by atoms with Crippen molar-refractivity contribution in [3.8, 4) is 0 Å². The van der Waals surface area contributed by atoms with Crippen LogP contribution in [0.25, 0.3) is 0 Å². The molecule has 1 saturated carbocycles. The minimum Gasteiger partial charge on any atom is -0.341 e. The van der Waals surface area contributed by atoms with Crippen LogP contribution in [-0.4, -0.2) is 30.5 Å². The van der Waals surface area contributed by atoms with Crippen LogP contribution >= 0.6 is 0 Å². The van der Waals surface area contributed by atoms with Crippen molar-refractivity contribution in [2.75, 3.05) is 11.9 Å². The number of rotatable bonds is 5. The molecule has 2 N–H and O–H groups in total. The predicted molar refractivity (Wildman–Crippen MR) is 137 cm³/mol. The zero-order valence-corrected chi connectivity index (χ0v) is 20.9. The number of hydrogen-bond donors (Lipinski definition) is 2. The number of hydrazone groups is 1. The molecule has 4 rings (SSSR count). The summed E-state index contributed by atoms with van der Waals surface area (Å²) in [6.45, 7) is 5.68. The average Bonchev–Trinajstić information content (AvgIpc) is 3.09. The quantitative estimate of drug-likeness (QED) is 0.386. The highest BCUT2D eigenvalue weighted by molar-refractivity contribution is 6.35. The fourth-order valence-corrected chi connectivity index (χ4v) is 5.45. The molecule has 1 heterocycles. The van der Waals surface area contributed by atoms with Crippen LogP contribution in [0.3, 0.4) is 0 Å². The maximum Gasteiger partial charge on any atom is 0.329 e. The van der Waals surface area contributed by atoms with Crippen molar-refractivity contribution < 1.29 is 14.4 Å². The molecule has 2 aliphatic rings. The summed E-state index contributed by atoms with van der Waals surface area (Å²) in [6.07, 6.45) is 5.65. The second kappa shape index (κ2) is 10.0. The molecule has 7 heteroatoms. The number of fused-ring (bicyclic) bond motifs is 1. The van der Waals surface area contributed by atoms with Gasteiger partial charge in [0.25, 0.3) is 0 Å². The Bertz CT molecular complexity index is 1150. The maximum atomic E-state index is 13.3. The minimum atomic E-state index is -0.824. The first-order valence-electron chi connectivity index (χ1n) is 12.4. The molecule has 0 radical (unpaired) electrons. The van der Waals surface area contributed by atoms with Crippen LogP contribution < -0.4 is 15.6 Å². The van der Waals surface area contributed by atoms with Gasteiger partial charge >= 0.3 is 11.8 Å². The molecule has 2 atom stereocenters. The third kappa shape index (κ3) is 4.72. The van der Waals surface area contributed by atoms with Gasteiger partial charge in [0.2, 0.25) is 5.91 Å². The van der Waals surface area contributed by atoms with Crippen molar-refractivity contribution in [1.82, 2.24) is 10.7 Å². The number of carbonyl (C=O) groups excluding carboxylic acids is 3. The summed E-state index contributed by atoms with van der Waals surface area (Å²) >= 11 is 0. The second-order valence-electron chi connectivity index (χ2n) is 9.88. The summed E-state index contributed by atoms with van der Waals surface area (Å²) in [5, 5.41) is 6.86. The number of hydrogen-bond acceptors (Lipinski definition) is 4. The number of amides is 3. The average molecular weight is 475 g/mol. The van der Waals surface area contributed by atoms with E-state index >= 15 is 0 Å². The lowest BCUT2D eigenvalue weighted by molar-refractivity contribution is -0.139. The van der Waals surface area contributed by atoms with Gasteiger partial charge in [-0.2, -0.15) is 5.10 Å². The zero-order chi connectivity index (χ0) is 25.2. The molecule has 2 aromatic rings. The van der Waals surface area contributed by atoms with Crippen molar-refractivity contribution in [2.24, 2.45) is 11.0 Å². The van der Waals surface area contributed by atoms with Gasteiger partial charge < -0.3 is 10.2 Å². The van der Waals surface area contributed by atoms with E-state index < -0.39 is 17.2 Å². The summed E-state index contributed by atoms with van der Waals surface area (Å²) in [5.74, 6) is -1.11. The van der Waals surface area contributed by atoms with E-state index in [0.29, 0.717) is 11.6 Å². The van der Waals surface area contributed by atoms with Crippen molar-refractivity contribution in [3.05, 3.63) is 65.2 Å². The molecule has 0 bridgehead atoms. The van der Waals surface area contributed by atoms with Gasteiger partial charge in [-0.05, 0) is 68.4 Å². The van der Waals surface area contributed by atoms with Gasteiger partial charge in [0.05, 0.1) is 17.2 Å². The zero-order valence-electron chi connectivity index (χ0n) is 20.9. The number of anilines is 1. The van der Waals surface area contributed by atoms with Gasteiger partial charge in [0, 0.05) is 12.7 Å². The molecule has 0 aromatic heterocycles. The van der Waals surface area contributed by atoms with E-state index in [0.717, 1.165) is 48.1 Å². The van der Waals surface area contributed by atoms with Gasteiger partial charge in [-0.1, -0.05) is 55.7 Å². The van der Waals surface area contributed by atoms with E-state index in [2.05, 4.69) is 22.8 Å². The molecule has 1 aliphatic carbocycles. The highest BCUT2D eigenvalue weighted by Crippen LogP contribution is 2.50. The Morgan fingerprint density at radius 1 is 1.06 bits per heavy atom. The number of nitrogens with zero attached hydrogens (tertiary/aromatic N) is 2. The first-order valence-corrected chi connectivity index (χ1v) is 12.4. The number of likely N-dealkylation sites (N-methyl/N-ethyl adjacent to an activating group) is 1. The van der Waals surface area contributed by atoms with Crippen LogP contribution in [0.15, 0.2) is 53.6 Å². The molecular weight excluding hydrogens is 440 g/mol. The topological polar surface area (TPSA) is 90.9 Å². The van der Waals surface area contributed by atoms with E-state index in [9.17, 15) is 14.4 Å². The Labute approximate surface area is 207 Å². The van der Waals surface area contributed by atoms with Crippen LogP contribution in [0.4, 0.5) is 5.69 Å². The lowest BCUT2D eigenvalue weighted by atomic mass is 9.66. The molecule has 7 nitrogen and oxygen atoms in total. The third-order valence-electron chi connectivity index (χ3n) is 7.68. The Hall–Kier alpha value is -3.48. The van der Waals surface area contributed by atoms with Gasteiger partial charge in [-0.15, -0.1) is 0 Å². The number of nitrogens with one attached hydrogen (secondary N) is 2. The predicted octanol–water partition coefficient (Wildman–Crippen LogP) is 4.22. The Balaban J connectivity index is 1.49. The molecule has 1 fully saturated rings. The van der Waals surface area contributed by atoms with E-state index in [-0.39, 0.29) is 11.9 Å². The lowest BCUT2D eigenvalue weighted by Crippen LogP contribution is -2.43. The van der Waals surface area contributed by atoms with Gasteiger partial charge in [0.1, 0.15) is 0 Å². The fourth-order valence-electron chi connectivity index (χ4n) is 5.45. The van der Waals surface area contributed by atoms with E-state index in [1.807, 2.05) is 62.5 Å². The maximum absolute atomic E-state index is 13.3. The molecule has 3 amide bonds. The van der Waals surface area contributed by atoms with E-state index in [1.54, 1.807) is 11.8 Å². The van der Waals surface area contributed by atoms with Crippen LogP contribution in [-0.2, 0) is 19.8 Å². The molecule has 35 heavy (non-hydrogen) atoms. The van der Waals surface area contributed by atoms with Crippen LogP contribution in [0.2, 0.25) is 0 Å². The molecule has 184 valence electrons. The van der Waals surface area contributed by atoms with Gasteiger partial charge in [-0.25, -0.2) is 5.43 Å². The smallest absolute Gasteiger partial charge is 0.329 e. The first kappa shape index (κ1) is 24.6. The summed E-state index contributed by atoms with van der Waals surface area (Å²) < 4.78 is 0.